The molecule has 1 aromatic carbocycles. The van der Waals surface area contributed by atoms with Crippen molar-refractivity contribution in [2.45, 2.75) is 43.2 Å². The van der Waals surface area contributed by atoms with Crippen LogP contribution in [-0.4, -0.2) is 65.8 Å². The van der Waals surface area contributed by atoms with E-state index in [0.717, 1.165) is 42.6 Å². The van der Waals surface area contributed by atoms with E-state index >= 15 is 0 Å². The summed E-state index contributed by atoms with van der Waals surface area (Å²) in [6, 6.07) is 8.33. The van der Waals surface area contributed by atoms with E-state index in [1.165, 1.54) is 6.07 Å². The maximum absolute atomic E-state index is 13.8. The Morgan fingerprint density at radius 3 is 2.76 bits per heavy atom. The smallest absolute Gasteiger partial charge is 0.255 e. The first-order valence-corrected chi connectivity index (χ1v) is 15.9. The second-order valence-corrected chi connectivity index (χ2v) is 14.6. The highest BCUT2D eigenvalue weighted by molar-refractivity contribution is 8.71. The van der Waals surface area contributed by atoms with Crippen molar-refractivity contribution in [3.8, 4) is 6.07 Å². The number of piperidine rings is 1. The molecular weight excluding hydrogens is 546 g/mol. The Kier molecular flexibility index (Phi) is 7.30. The number of aromatic nitrogens is 3. The van der Waals surface area contributed by atoms with Gasteiger partial charge in [-0.2, -0.15) is 10.4 Å². The number of rotatable bonds is 5. The van der Waals surface area contributed by atoms with Gasteiger partial charge in [-0.15, -0.1) is 0 Å². The molecule has 0 unspecified atom stereocenters. The van der Waals surface area contributed by atoms with Crippen molar-refractivity contribution >= 4 is 48.6 Å². The number of nitrogens with zero attached hydrogens (tertiary/aromatic N) is 6. The second kappa shape index (κ2) is 10.4. The first-order chi connectivity index (χ1) is 18.0. The number of aryl methyl sites for hydroxylation is 1. The normalized spacial score (nSPS) is 22.1. The Hall–Kier alpha value is -2.85. The van der Waals surface area contributed by atoms with E-state index in [4.69, 9.17) is 27.4 Å². The van der Waals surface area contributed by atoms with Crippen LogP contribution in [0, 0.1) is 24.2 Å². The van der Waals surface area contributed by atoms with Crippen molar-refractivity contribution in [1.82, 2.24) is 19.5 Å². The first kappa shape index (κ1) is 26.7. The van der Waals surface area contributed by atoms with Gasteiger partial charge in [0.2, 0.25) is 8.87 Å². The van der Waals surface area contributed by atoms with E-state index in [-0.39, 0.29) is 29.5 Å². The number of likely N-dealkylation sites (tertiary alicyclic amines) is 1. The average Bonchev–Trinajstić information content (AvgIpc) is 3.45. The van der Waals surface area contributed by atoms with E-state index in [2.05, 4.69) is 6.07 Å². The molecular formula is C25H28ClN7O3S2. The summed E-state index contributed by atoms with van der Waals surface area (Å²) >= 11 is 6.21. The Morgan fingerprint density at radius 1 is 1.26 bits per heavy atom. The lowest BCUT2D eigenvalue weighted by Gasteiger charge is -2.35. The largest absolute Gasteiger partial charge is 0.353 e. The van der Waals surface area contributed by atoms with Crippen LogP contribution >= 0.6 is 22.4 Å². The summed E-state index contributed by atoms with van der Waals surface area (Å²) in [6.45, 7) is 3.55. The van der Waals surface area contributed by atoms with Gasteiger partial charge in [0.15, 0.2) is 5.65 Å². The maximum Gasteiger partial charge on any atom is 0.255 e. The van der Waals surface area contributed by atoms with E-state index < -0.39 is 8.87 Å². The number of anilines is 1. The highest BCUT2D eigenvalue weighted by atomic mass is 35.5. The summed E-state index contributed by atoms with van der Waals surface area (Å²) in [4.78, 5) is 22.8. The predicted molar refractivity (Wildman–Crippen MR) is 147 cm³/mol. The number of amides is 1. The molecule has 2 aliphatic heterocycles. The van der Waals surface area contributed by atoms with Gasteiger partial charge in [-0.1, -0.05) is 11.6 Å². The topological polar surface area (TPSA) is 138 Å². The van der Waals surface area contributed by atoms with E-state index in [1.54, 1.807) is 21.5 Å². The molecule has 2 N–H and O–H groups in total. The van der Waals surface area contributed by atoms with E-state index in [1.807, 2.05) is 24.1 Å². The summed E-state index contributed by atoms with van der Waals surface area (Å²) in [5, 5.41) is 14.5. The molecule has 0 aliphatic carbocycles. The molecule has 0 radical (unpaired) electrons. The van der Waals surface area contributed by atoms with Crippen molar-refractivity contribution < 1.29 is 13.2 Å². The monoisotopic (exact) mass is 573 g/mol. The molecule has 3 aromatic rings. The SMILES string of the molecule is Cc1cn2nc([C@@H]3CCCCN3C(=O)c3cc(Cl)ccc3SS(C)(=O)=O)cc2nc1N1C[C@@H](N)[C@H](C#N)C1. The number of carbonyl (C=O) groups excluding carboxylic acids is 1. The lowest BCUT2D eigenvalue weighted by atomic mass is 9.98. The Labute approximate surface area is 230 Å². The molecule has 38 heavy (non-hydrogen) atoms. The Morgan fingerprint density at radius 2 is 2.05 bits per heavy atom. The summed E-state index contributed by atoms with van der Waals surface area (Å²) in [5.41, 5.74) is 8.67. The number of hydrogen-bond acceptors (Lipinski definition) is 9. The highest BCUT2D eigenvalue weighted by Crippen LogP contribution is 2.36. The van der Waals surface area contributed by atoms with Crippen LogP contribution < -0.4 is 10.6 Å². The van der Waals surface area contributed by atoms with Gasteiger partial charge < -0.3 is 15.5 Å². The van der Waals surface area contributed by atoms with Gasteiger partial charge in [-0.3, -0.25) is 4.79 Å². The fraction of sp³-hybridized carbons (Fsp3) is 0.440. The van der Waals surface area contributed by atoms with Crippen LogP contribution in [-0.2, 0) is 8.87 Å². The molecule has 0 bridgehead atoms. The minimum atomic E-state index is -3.43. The number of halogens is 1. The van der Waals surface area contributed by atoms with Crippen molar-refractivity contribution in [3.63, 3.8) is 0 Å². The van der Waals surface area contributed by atoms with Crippen LogP contribution in [0.1, 0.15) is 46.9 Å². The second-order valence-electron chi connectivity index (χ2n) is 9.86. The quantitative estimate of drug-likeness (QED) is 0.455. The van der Waals surface area contributed by atoms with Gasteiger partial charge in [0.05, 0.1) is 29.3 Å². The van der Waals surface area contributed by atoms with E-state index in [0.29, 0.717) is 46.0 Å². The lowest BCUT2D eigenvalue weighted by Crippen LogP contribution is -2.39. The Balaban J connectivity index is 1.48. The van der Waals surface area contributed by atoms with Crippen molar-refractivity contribution in [1.29, 1.82) is 5.26 Å². The van der Waals surface area contributed by atoms with Gasteiger partial charge in [-0.25, -0.2) is 17.9 Å². The van der Waals surface area contributed by atoms with Gasteiger partial charge in [-0.05, 0) is 44.4 Å². The van der Waals surface area contributed by atoms with Gasteiger partial charge in [0.25, 0.3) is 5.91 Å². The molecule has 2 aromatic heterocycles. The molecule has 2 fully saturated rings. The molecule has 0 spiro atoms. The highest BCUT2D eigenvalue weighted by Gasteiger charge is 2.34. The van der Waals surface area contributed by atoms with Crippen LogP contribution in [0.5, 0.6) is 0 Å². The molecule has 5 rings (SSSR count). The lowest BCUT2D eigenvalue weighted by molar-refractivity contribution is 0.0602. The minimum Gasteiger partial charge on any atom is -0.353 e. The number of carbonyl (C=O) groups is 1. The third kappa shape index (κ3) is 5.33. The van der Waals surface area contributed by atoms with Crippen LogP contribution in [0.4, 0.5) is 5.82 Å². The number of fused-ring (bicyclic) bond motifs is 1. The molecule has 2 aliphatic rings. The molecule has 200 valence electrons. The fourth-order valence-corrected chi connectivity index (χ4v) is 7.46. The zero-order valence-electron chi connectivity index (χ0n) is 21.0. The maximum atomic E-state index is 13.8. The average molecular weight is 574 g/mol. The van der Waals surface area contributed by atoms with Crippen molar-refractivity contribution in [3.05, 3.63) is 52.3 Å². The summed E-state index contributed by atoms with van der Waals surface area (Å²) in [6.07, 6.45) is 5.50. The zero-order chi connectivity index (χ0) is 27.2. The third-order valence-electron chi connectivity index (χ3n) is 6.97. The molecule has 1 amide bonds. The zero-order valence-corrected chi connectivity index (χ0v) is 23.4. The van der Waals surface area contributed by atoms with Gasteiger partial charge in [0.1, 0.15) is 5.82 Å². The summed E-state index contributed by atoms with van der Waals surface area (Å²) in [5.74, 6) is 0.251. The number of benzene rings is 1. The Bertz CT molecular complexity index is 1550. The molecule has 13 heteroatoms. The van der Waals surface area contributed by atoms with Crippen molar-refractivity contribution in [2.75, 3.05) is 30.8 Å². The van der Waals surface area contributed by atoms with Crippen LogP contribution in [0.2, 0.25) is 5.02 Å². The first-order valence-electron chi connectivity index (χ1n) is 12.3. The fourth-order valence-electron chi connectivity index (χ4n) is 5.18. The summed E-state index contributed by atoms with van der Waals surface area (Å²) < 4.78 is 25.7. The van der Waals surface area contributed by atoms with Crippen LogP contribution in [0.15, 0.2) is 35.4 Å². The standard InChI is InChI=1S/C25H28ClN7O3S2/c1-15-12-33-23(29-24(15)31-13-16(11-27)19(28)14-31)10-20(30-33)21-5-3-4-8-32(21)25(34)18-9-17(26)6-7-22(18)37-38(2,35)36/h6-7,9-10,12,16,19,21H,3-5,8,13-14,28H2,1-2H3/t16-,19-,21+/m1/s1. The molecule has 3 atom stereocenters. The third-order valence-corrected chi connectivity index (χ3v) is 9.49. The van der Waals surface area contributed by atoms with Crippen LogP contribution in [0.25, 0.3) is 5.65 Å². The van der Waals surface area contributed by atoms with Crippen molar-refractivity contribution in [2.24, 2.45) is 11.7 Å². The van der Waals surface area contributed by atoms with Gasteiger partial charge >= 0.3 is 0 Å². The molecule has 10 nitrogen and oxygen atoms in total. The number of nitriles is 1. The van der Waals surface area contributed by atoms with Gasteiger partial charge in [0, 0.05) is 70.5 Å². The minimum absolute atomic E-state index is 0.225. The number of nitrogens with two attached hydrogens (primary N) is 1. The molecule has 4 heterocycles. The predicted octanol–water partition coefficient (Wildman–Crippen LogP) is 3.40. The summed E-state index contributed by atoms with van der Waals surface area (Å²) in [7, 11) is -2.79. The van der Waals surface area contributed by atoms with Crippen LogP contribution in [0.3, 0.4) is 0 Å². The van der Waals surface area contributed by atoms with E-state index in [9.17, 15) is 18.5 Å². The molecule has 2 saturated heterocycles. The number of hydrogen-bond donors (Lipinski definition) is 1. The molecule has 0 saturated carbocycles.